The van der Waals surface area contributed by atoms with Gasteiger partial charge in [0.15, 0.2) is 0 Å². The monoisotopic (exact) mass is 312 g/mol. The van der Waals surface area contributed by atoms with Crippen LogP contribution in [0.25, 0.3) is 11.3 Å². The van der Waals surface area contributed by atoms with Gasteiger partial charge in [0.05, 0.1) is 15.7 Å². The van der Waals surface area contributed by atoms with E-state index in [0.29, 0.717) is 12.4 Å². The lowest BCUT2D eigenvalue weighted by Crippen LogP contribution is -2.01. The molecule has 0 bridgehead atoms. The number of nitrogens with zero attached hydrogens (tertiary/aromatic N) is 1. The second kappa shape index (κ2) is 5.44. The van der Waals surface area contributed by atoms with Crippen LogP contribution in [0, 0.1) is 11.6 Å². The first-order chi connectivity index (χ1) is 8.63. The molecule has 0 unspecified atom stereocenters. The summed E-state index contributed by atoms with van der Waals surface area (Å²) in [6.07, 6.45) is 0. The molecule has 2 aromatic rings. The molecule has 1 aromatic carbocycles. The standard InChI is InChI=1S/C13H11BrF2N2/c1-2-17-11-5-3-4-10(18-11)12-9(15)7-6-8(14)13(12)16/h3-7H,2H2,1H3,(H,17,18). The van der Waals surface area contributed by atoms with Crippen LogP contribution in [0.4, 0.5) is 14.6 Å². The summed E-state index contributed by atoms with van der Waals surface area (Å²) in [5, 5.41) is 3.00. The van der Waals surface area contributed by atoms with Crippen molar-refractivity contribution in [1.29, 1.82) is 0 Å². The highest BCUT2D eigenvalue weighted by Gasteiger charge is 2.15. The summed E-state index contributed by atoms with van der Waals surface area (Å²) in [4.78, 5) is 4.18. The zero-order chi connectivity index (χ0) is 13.1. The minimum absolute atomic E-state index is 0.121. The first kappa shape index (κ1) is 13.0. The molecule has 0 spiro atoms. The van der Waals surface area contributed by atoms with Crippen LogP contribution in [0.5, 0.6) is 0 Å². The Kier molecular flexibility index (Phi) is 3.91. The molecule has 0 fully saturated rings. The molecule has 0 atom stereocenters. The van der Waals surface area contributed by atoms with Crippen molar-refractivity contribution in [3.63, 3.8) is 0 Å². The fraction of sp³-hybridized carbons (Fsp3) is 0.154. The first-order valence-electron chi connectivity index (χ1n) is 5.48. The zero-order valence-corrected chi connectivity index (χ0v) is 11.3. The summed E-state index contributed by atoms with van der Waals surface area (Å²) in [7, 11) is 0. The number of hydrogen-bond acceptors (Lipinski definition) is 2. The van der Waals surface area contributed by atoms with Crippen molar-refractivity contribution in [3.05, 3.63) is 46.4 Å². The summed E-state index contributed by atoms with van der Waals surface area (Å²) in [5.41, 5.74) is 0.147. The number of anilines is 1. The van der Waals surface area contributed by atoms with Crippen molar-refractivity contribution in [2.75, 3.05) is 11.9 Å². The van der Waals surface area contributed by atoms with Gasteiger partial charge in [0.2, 0.25) is 0 Å². The Bertz CT molecular complexity index is 573. The van der Waals surface area contributed by atoms with E-state index in [1.807, 2.05) is 6.92 Å². The van der Waals surface area contributed by atoms with Crippen LogP contribution >= 0.6 is 15.9 Å². The topological polar surface area (TPSA) is 24.9 Å². The van der Waals surface area contributed by atoms with Gasteiger partial charge < -0.3 is 5.32 Å². The van der Waals surface area contributed by atoms with Gasteiger partial charge in [-0.1, -0.05) is 6.07 Å². The van der Waals surface area contributed by atoms with E-state index in [4.69, 9.17) is 0 Å². The third-order valence-electron chi connectivity index (χ3n) is 2.41. The summed E-state index contributed by atoms with van der Waals surface area (Å²) < 4.78 is 27.8. The molecule has 0 aliphatic rings. The van der Waals surface area contributed by atoms with E-state index in [-0.39, 0.29) is 15.7 Å². The van der Waals surface area contributed by atoms with E-state index in [1.165, 1.54) is 12.1 Å². The van der Waals surface area contributed by atoms with Gasteiger partial charge >= 0.3 is 0 Å². The van der Waals surface area contributed by atoms with E-state index >= 15 is 0 Å². The lowest BCUT2D eigenvalue weighted by atomic mass is 10.1. The predicted molar refractivity (Wildman–Crippen MR) is 71.5 cm³/mol. The van der Waals surface area contributed by atoms with Gasteiger partial charge in [0.25, 0.3) is 0 Å². The Hall–Kier alpha value is -1.49. The number of nitrogens with one attached hydrogen (secondary N) is 1. The van der Waals surface area contributed by atoms with E-state index in [1.54, 1.807) is 18.2 Å². The van der Waals surface area contributed by atoms with Gasteiger partial charge in [-0.15, -0.1) is 0 Å². The Morgan fingerprint density at radius 2 is 2.00 bits per heavy atom. The molecule has 1 aromatic heterocycles. The van der Waals surface area contributed by atoms with Crippen LogP contribution in [0.1, 0.15) is 6.92 Å². The van der Waals surface area contributed by atoms with Crippen LogP contribution < -0.4 is 5.32 Å². The van der Waals surface area contributed by atoms with E-state index in [0.717, 1.165) is 0 Å². The molecule has 2 nitrogen and oxygen atoms in total. The molecule has 94 valence electrons. The molecule has 0 saturated heterocycles. The average Bonchev–Trinajstić information content (AvgIpc) is 2.35. The van der Waals surface area contributed by atoms with Crippen LogP contribution in [-0.2, 0) is 0 Å². The van der Waals surface area contributed by atoms with Crippen LogP contribution in [0.15, 0.2) is 34.8 Å². The van der Waals surface area contributed by atoms with Crippen molar-refractivity contribution in [1.82, 2.24) is 4.98 Å². The first-order valence-corrected chi connectivity index (χ1v) is 6.27. The van der Waals surface area contributed by atoms with Crippen molar-refractivity contribution < 1.29 is 8.78 Å². The smallest absolute Gasteiger partial charge is 0.149 e. The Morgan fingerprint density at radius 1 is 1.22 bits per heavy atom. The molecule has 0 aliphatic carbocycles. The molecule has 0 amide bonds. The second-order valence-corrected chi connectivity index (χ2v) is 4.51. The predicted octanol–water partition coefficient (Wildman–Crippen LogP) is 4.22. The number of rotatable bonds is 3. The van der Waals surface area contributed by atoms with Crippen molar-refractivity contribution in [2.45, 2.75) is 6.92 Å². The largest absolute Gasteiger partial charge is 0.370 e. The molecular formula is C13H11BrF2N2. The fourth-order valence-corrected chi connectivity index (χ4v) is 1.95. The molecule has 5 heteroatoms. The van der Waals surface area contributed by atoms with E-state index in [9.17, 15) is 8.78 Å². The fourth-order valence-electron chi connectivity index (χ4n) is 1.62. The molecule has 0 radical (unpaired) electrons. The molecule has 18 heavy (non-hydrogen) atoms. The minimum atomic E-state index is -0.642. The summed E-state index contributed by atoms with van der Waals surface area (Å²) >= 11 is 3.04. The molecule has 0 saturated carbocycles. The van der Waals surface area contributed by atoms with Gasteiger partial charge in [-0.05, 0) is 47.1 Å². The quantitative estimate of drug-likeness (QED) is 0.858. The van der Waals surface area contributed by atoms with Crippen LogP contribution in [0.3, 0.4) is 0 Å². The molecular weight excluding hydrogens is 302 g/mol. The summed E-state index contributed by atoms with van der Waals surface area (Å²) in [5.74, 6) is -0.679. The molecule has 1 N–H and O–H groups in total. The summed E-state index contributed by atoms with van der Waals surface area (Å²) in [6, 6.07) is 7.59. The van der Waals surface area contributed by atoms with Crippen molar-refractivity contribution in [3.8, 4) is 11.3 Å². The Morgan fingerprint density at radius 3 is 2.72 bits per heavy atom. The van der Waals surface area contributed by atoms with E-state index in [2.05, 4.69) is 26.2 Å². The SMILES string of the molecule is CCNc1cccc(-c2c(F)ccc(Br)c2F)n1. The van der Waals surface area contributed by atoms with Gasteiger partial charge in [0.1, 0.15) is 17.5 Å². The molecule has 2 rings (SSSR count). The highest BCUT2D eigenvalue weighted by molar-refractivity contribution is 9.10. The Labute approximate surface area is 112 Å². The third kappa shape index (κ3) is 2.51. The minimum Gasteiger partial charge on any atom is -0.370 e. The maximum atomic E-state index is 13.9. The maximum Gasteiger partial charge on any atom is 0.149 e. The van der Waals surface area contributed by atoms with Crippen LogP contribution in [0.2, 0.25) is 0 Å². The van der Waals surface area contributed by atoms with Gasteiger partial charge in [-0.25, -0.2) is 13.8 Å². The number of halogens is 3. The number of pyridine rings is 1. The van der Waals surface area contributed by atoms with Gasteiger partial charge in [0, 0.05) is 6.54 Å². The second-order valence-electron chi connectivity index (χ2n) is 3.66. The van der Waals surface area contributed by atoms with Gasteiger partial charge in [-0.2, -0.15) is 0 Å². The van der Waals surface area contributed by atoms with Crippen molar-refractivity contribution in [2.24, 2.45) is 0 Å². The van der Waals surface area contributed by atoms with Crippen molar-refractivity contribution >= 4 is 21.7 Å². The normalized spacial score (nSPS) is 10.4. The van der Waals surface area contributed by atoms with Crippen LogP contribution in [-0.4, -0.2) is 11.5 Å². The highest BCUT2D eigenvalue weighted by atomic mass is 79.9. The number of hydrogen-bond donors (Lipinski definition) is 1. The lowest BCUT2D eigenvalue weighted by Gasteiger charge is -2.08. The average molecular weight is 313 g/mol. The number of benzene rings is 1. The van der Waals surface area contributed by atoms with Gasteiger partial charge in [-0.3, -0.25) is 0 Å². The molecule has 0 aliphatic heterocycles. The number of aromatic nitrogens is 1. The maximum absolute atomic E-state index is 13.9. The van der Waals surface area contributed by atoms with E-state index < -0.39 is 11.6 Å². The third-order valence-corrected chi connectivity index (χ3v) is 3.02. The Balaban J connectivity index is 2.55. The highest BCUT2D eigenvalue weighted by Crippen LogP contribution is 2.29. The lowest BCUT2D eigenvalue weighted by molar-refractivity contribution is 0.584. The zero-order valence-electron chi connectivity index (χ0n) is 9.67. The molecule has 1 heterocycles. The summed E-state index contributed by atoms with van der Waals surface area (Å²) in [6.45, 7) is 2.62.